The average Bonchev–Trinajstić information content (AvgIpc) is 1.83. The van der Waals surface area contributed by atoms with Crippen LogP contribution < -0.4 is 0 Å². The van der Waals surface area contributed by atoms with Gasteiger partial charge in [-0.05, 0) is 0 Å². The lowest BCUT2D eigenvalue weighted by atomic mass is 9.90. The van der Waals surface area contributed by atoms with Crippen LogP contribution in [-0.4, -0.2) is 23.9 Å². The van der Waals surface area contributed by atoms with Crippen LogP contribution in [-0.2, 0) is 4.79 Å². The molecular weight excluding hydrogens is 150 g/mol. The molecule has 1 fully saturated rings. The van der Waals surface area contributed by atoms with Gasteiger partial charge in [0.25, 0.3) is 0 Å². The summed E-state index contributed by atoms with van der Waals surface area (Å²) in [6, 6.07) is 0. The summed E-state index contributed by atoms with van der Waals surface area (Å²) < 4.78 is 0. The van der Waals surface area contributed by atoms with Gasteiger partial charge in [0.1, 0.15) is 0 Å². The van der Waals surface area contributed by atoms with Crippen molar-refractivity contribution >= 4 is 5.91 Å². The Labute approximate surface area is 73.9 Å². The van der Waals surface area contributed by atoms with Gasteiger partial charge in [0, 0.05) is 18.5 Å². The van der Waals surface area contributed by atoms with Gasteiger partial charge in [0.05, 0.1) is 5.92 Å². The first-order valence-corrected chi connectivity index (χ1v) is 4.20. The number of nitrogens with zero attached hydrogens (tertiary/aromatic N) is 1. The van der Waals surface area contributed by atoms with E-state index < -0.39 is 0 Å². The maximum Gasteiger partial charge on any atom is 0.228 e. The Balaban J connectivity index is 2.45. The zero-order valence-corrected chi connectivity index (χ0v) is 7.92. The van der Waals surface area contributed by atoms with Gasteiger partial charge < -0.3 is 4.90 Å². The molecule has 12 heavy (non-hydrogen) atoms. The molecule has 0 aromatic carbocycles. The van der Waals surface area contributed by atoms with E-state index in [0.29, 0.717) is 0 Å². The number of carbonyl (C=O) groups is 1. The number of likely N-dealkylation sites (tertiary alicyclic amines) is 1. The molecule has 2 nitrogen and oxygen atoms in total. The molecule has 0 aromatic rings. The number of carbonyl (C=O) groups excluding carboxylic acids is 1. The van der Waals surface area contributed by atoms with E-state index in [1.54, 1.807) is 0 Å². The normalized spacial score (nSPS) is 18.3. The summed E-state index contributed by atoms with van der Waals surface area (Å²) in [6.07, 6.45) is 5.22. The SMILES string of the molecule is C#CC1CN(C(=O)C(C)(C)C)C1. The summed E-state index contributed by atoms with van der Waals surface area (Å²) in [7, 11) is 0. The minimum absolute atomic E-state index is 0.203. The predicted molar refractivity (Wildman–Crippen MR) is 48.4 cm³/mol. The smallest absolute Gasteiger partial charge is 0.228 e. The third-order valence-electron chi connectivity index (χ3n) is 2.05. The van der Waals surface area contributed by atoms with Crippen LogP contribution in [0.5, 0.6) is 0 Å². The number of amides is 1. The molecular formula is C10H15NO. The van der Waals surface area contributed by atoms with Crippen molar-refractivity contribution in [2.45, 2.75) is 20.8 Å². The lowest BCUT2D eigenvalue weighted by Crippen LogP contribution is -2.53. The molecule has 0 N–H and O–H groups in total. The molecule has 1 heterocycles. The molecule has 1 amide bonds. The monoisotopic (exact) mass is 165 g/mol. The van der Waals surface area contributed by atoms with Crippen molar-refractivity contribution in [1.82, 2.24) is 4.90 Å². The molecule has 0 saturated carbocycles. The zero-order chi connectivity index (χ0) is 9.35. The van der Waals surface area contributed by atoms with Crippen LogP contribution in [0.4, 0.5) is 0 Å². The fourth-order valence-electron chi connectivity index (χ4n) is 1.22. The molecule has 1 saturated heterocycles. The molecule has 0 bridgehead atoms. The number of terminal acetylenes is 1. The Morgan fingerprint density at radius 2 is 2.00 bits per heavy atom. The first-order chi connectivity index (χ1) is 5.45. The largest absolute Gasteiger partial charge is 0.340 e. The number of hydrogen-bond donors (Lipinski definition) is 0. The van der Waals surface area contributed by atoms with Crippen molar-refractivity contribution in [3.8, 4) is 12.3 Å². The fourth-order valence-corrected chi connectivity index (χ4v) is 1.22. The Bertz CT molecular complexity index is 225. The first kappa shape index (κ1) is 9.12. The molecule has 0 radical (unpaired) electrons. The molecule has 1 aliphatic heterocycles. The Morgan fingerprint density at radius 1 is 1.50 bits per heavy atom. The summed E-state index contributed by atoms with van der Waals surface area (Å²) in [5, 5.41) is 0. The van der Waals surface area contributed by atoms with Crippen molar-refractivity contribution in [1.29, 1.82) is 0 Å². The van der Waals surface area contributed by atoms with Crippen LogP contribution in [0.25, 0.3) is 0 Å². The molecule has 2 heteroatoms. The maximum atomic E-state index is 11.6. The highest BCUT2D eigenvalue weighted by Gasteiger charge is 2.35. The lowest BCUT2D eigenvalue weighted by Gasteiger charge is -2.40. The highest BCUT2D eigenvalue weighted by Crippen LogP contribution is 2.23. The van der Waals surface area contributed by atoms with E-state index in [1.165, 1.54) is 0 Å². The maximum absolute atomic E-state index is 11.6. The van der Waals surface area contributed by atoms with Crippen molar-refractivity contribution < 1.29 is 4.79 Å². The molecule has 0 aromatic heterocycles. The van der Waals surface area contributed by atoms with E-state index in [0.717, 1.165) is 13.1 Å². The van der Waals surface area contributed by atoms with Gasteiger partial charge in [-0.25, -0.2) is 0 Å². The van der Waals surface area contributed by atoms with E-state index >= 15 is 0 Å². The van der Waals surface area contributed by atoms with Crippen LogP contribution in [0.3, 0.4) is 0 Å². The second kappa shape index (κ2) is 2.82. The highest BCUT2D eigenvalue weighted by atomic mass is 16.2. The van der Waals surface area contributed by atoms with E-state index in [9.17, 15) is 4.79 Å². The predicted octanol–water partition coefficient (Wildman–Crippen LogP) is 1.12. The van der Waals surface area contributed by atoms with Crippen LogP contribution in [0.1, 0.15) is 20.8 Å². The minimum atomic E-state index is -0.264. The quantitative estimate of drug-likeness (QED) is 0.493. The molecule has 0 unspecified atom stereocenters. The first-order valence-electron chi connectivity index (χ1n) is 4.20. The topological polar surface area (TPSA) is 20.3 Å². The molecule has 0 spiro atoms. The summed E-state index contributed by atoms with van der Waals surface area (Å²) in [4.78, 5) is 13.4. The van der Waals surface area contributed by atoms with Crippen LogP contribution in [0.15, 0.2) is 0 Å². The fraction of sp³-hybridized carbons (Fsp3) is 0.700. The molecule has 0 aliphatic carbocycles. The van der Waals surface area contributed by atoms with Crippen molar-refractivity contribution in [2.75, 3.05) is 13.1 Å². The molecule has 0 atom stereocenters. The highest BCUT2D eigenvalue weighted by molar-refractivity contribution is 5.82. The van der Waals surface area contributed by atoms with Gasteiger partial charge in [-0.2, -0.15) is 0 Å². The number of hydrogen-bond acceptors (Lipinski definition) is 1. The van der Waals surface area contributed by atoms with Gasteiger partial charge in [-0.3, -0.25) is 4.79 Å². The second-order valence-electron chi connectivity index (χ2n) is 4.32. The summed E-state index contributed by atoms with van der Waals surface area (Å²) in [6.45, 7) is 7.27. The van der Waals surface area contributed by atoms with E-state index in [4.69, 9.17) is 6.42 Å². The third-order valence-corrected chi connectivity index (χ3v) is 2.05. The van der Waals surface area contributed by atoms with Crippen LogP contribution in [0.2, 0.25) is 0 Å². The third kappa shape index (κ3) is 1.61. The molecule has 1 rings (SSSR count). The second-order valence-corrected chi connectivity index (χ2v) is 4.32. The average molecular weight is 165 g/mol. The van der Waals surface area contributed by atoms with Gasteiger partial charge >= 0.3 is 0 Å². The molecule has 1 aliphatic rings. The molecule has 66 valence electrons. The van der Waals surface area contributed by atoms with Crippen molar-refractivity contribution in [3.63, 3.8) is 0 Å². The Hall–Kier alpha value is -0.970. The van der Waals surface area contributed by atoms with Gasteiger partial charge in [0.15, 0.2) is 0 Å². The summed E-state index contributed by atoms with van der Waals surface area (Å²) in [5.41, 5.74) is -0.264. The lowest BCUT2D eigenvalue weighted by molar-refractivity contribution is -0.144. The van der Waals surface area contributed by atoms with Crippen molar-refractivity contribution in [2.24, 2.45) is 11.3 Å². The van der Waals surface area contributed by atoms with Crippen LogP contribution >= 0.6 is 0 Å². The van der Waals surface area contributed by atoms with Crippen LogP contribution in [0, 0.1) is 23.7 Å². The van der Waals surface area contributed by atoms with E-state index in [-0.39, 0.29) is 17.2 Å². The zero-order valence-electron chi connectivity index (χ0n) is 7.92. The Kier molecular flexibility index (Phi) is 2.14. The van der Waals surface area contributed by atoms with Gasteiger partial charge in [-0.15, -0.1) is 6.42 Å². The Morgan fingerprint density at radius 3 is 2.33 bits per heavy atom. The van der Waals surface area contributed by atoms with E-state index in [1.807, 2.05) is 25.7 Å². The van der Waals surface area contributed by atoms with Gasteiger partial charge in [0.2, 0.25) is 5.91 Å². The van der Waals surface area contributed by atoms with Gasteiger partial charge in [-0.1, -0.05) is 26.7 Å². The summed E-state index contributed by atoms with van der Waals surface area (Å²) >= 11 is 0. The minimum Gasteiger partial charge on any atom is -0.340 e. The number of rotatable bonds is 0. The van der Waals surface area contributed by atoms with Crippen molar-refractivity contribution in [3.05, 3.63) is 0 Å². The van der Waals surface area contributed by atoms with E-state index in [2.05, 4.69) is 5.92 Å². The summed E-state index contributed by atoms with van der Waals surface area (Å²) in [5.74, 6) is 3.13. The standard InChI is InChI=1S/C10H15NO/c1-5-8-6-11(7-8)9(12)10(2,3)4/h1,8H,6-7H2,2-4H3.